The summed E-state index contributed by atoms with van der Waals surface area (Å²) in [5, 5.41) is 3.20. The number of benzene rings is 2. The number of carbonyl (C=O) groups is 1. The van der Waals surface area contributed by atoms with E-state index in [1.54, 1.807) is 0 Å². The van der Waals surface area contributed by atoms with E-state index in [9.17, 15) is 4.79 Å². The van der Waals surface area contributed by atoms with Crippen molar-refractivity contribution >= 4 is 11.7 Å². The summed E-state index contributed by atoms with van der Waals surface area (Å²) >= 11 is 0. The van der Waals surface area contributed by atoms with Gasteiger partial charge in [-0.2, -0.15) is 0 Å². The highest BCUT2D eigenvalue weighted by atomic mass is 16.2. The molecule has 0 aliphatic heterocycles. The van der Waals surface area contributed by atoms with Crippen LogP contribution in [-0.4, -0.2) is 21.5 Å². The van der Waals surface area contributed by atoms with Gasteiger partial charge in [0.1, 0.15) is 0 Å². The number of hydrogen-bond donors (Lipinski definition) is 1. The molecular weight excluding hydrogens is 394 g/mol. The van der Waals surface area contributed by atoms with E-state index in [2.05, 4.69) is 90.3 Å². The number of urea groups is 1. The summed E-state index contributed by atoms with van der Waals surface area (Å²) in [5.41, 5.74) is 6.99. The second-order valence-electron chi connectivity index (χ2n) is 9.22. The highest BCUT2D eigenvalue weighted by Gasteiger charge is 2.27. The molecule has 0 atom stereocenters. The molecular formula is C28H35N3O. The third kappa shape index (κ3) is 5.24. The molecule has 3 aromatic rings. The summed E-state index contributed by atoms with van der Waals surface area (Å²) in [6.07, 6.45) is 7.96. The van der Waals surface area contributed by atoms with Crippen LogP contribution >= 0.6 is 0 Å². The number of nitrogens with one attached hydrogen (secondary N) is 1. The number of aromatic nitrogens is 1. The first-order chi connectivity index (χ1) is 15.5. The Morgan fingerprint density at radius 2 is 1.75 bits per heavy atom. The first kappa shape index (κ1) is 22.2. The van der Waals surface area contributed by atoms with E-state index in [1.165, 1.54) is 41.6 Å². The smallest absolute Gasteiger partial charge is 0.322 e. The summed E-state index contributed by atoms with van der Waals surface area (Å²) in [6, 6.07) is 19.2. The van der Waals surface area contributed by atoms with Gasteiger partial charge in [0, 0.05) is 30.2 Å². The summed E-state index contributed by atoms with van der Waals surface area (Å²) in [7, 11) is 0. The van der Waals surface area contributed by atoms with Crippen LogP contribution in [0, 0.1) is 20.8 Å². The van der Waals surface area contributed by atoms with Gasteiger partial charge >= 0.3 is 6.03 Å². The minimum absolute atomic E-state index is 0.00694. The molecule has 1 aliphatic carbocycles. The molecule has 1 heterocycles. The monoisotopic (exact) mass is 429 g/mol. The third-order valence-electron chi connectivity index (χ3n) is 6.76. The average molecular weight is 430 g/mol. The van der Waals surface area contributed by atoms with Crippen LogP contribution in [-0.2, 0) is 13.1 Å². The fourth-order valence-electron chi connectivity index (χ4n) is 4.79. The molecule has 1 aromatic heterocycles. The van der Waals surface area contributed by atoms with Crippen LogP contribution < -0.4 is 5.32 Å². The van der Waals surface area contributed by atoms with Crippen molar-refractivity contribution in [2.75, 3.05) is 5.32 Å². The molecule has 0 spiro atoms. The molecule has 32 heavy (non-hydrogen) atoms. The van der Waals surface area contributed by atoms with E-state index in [1.807, 2.05) is 6.07 Å². The van der Waals surface area contributed by atoms with Gasteiger partial charge in [-0.25, -0.2) is 4.79 Å². The number of amides is 2. The summed E-state index contributed by atoms with van der Waals surface area (Å²) in [6.45, 7) is 7.74. The van der Waals surface area contributed by atoms with Crippen molar-refractivity contribution in [3.8, 4) is 0 Å². The average Bonchev–Trinajstić information content (AvgIpc) is 3.23. The minimum atomic E-state index is 0.00694. The molecule has 1 fully saturated rings. The molecule has 1 saturated carbocycles. The van der Waals surface area contributed by atoms with E-state index in [0.717, 1.165) is 30.6 Å². The predicted molar refractivity (Wildman–Crippen MR) is 132 cm³/mol. The van der Waals surface area contributed by atoms with Crippen molar-refractivity contribution in [2.24, 2.45) is 0 Å². The largest absolute Gasteiger partial charge is 0.345 e. The predicted octanol–water partition coefficient (Wildman–Crippen LogP) is 6.83. The van der Waals surface area contributed by atoms with E-state index in [0.29, 0.717) is 6.54 Å². The van der Waals surface area contributed by atoms with Crippen LogP contribution in [0.1, 0.15) is 60.1 Å². The number of rotatable bonds is 6. The van der Waals surface area contributed by atoms with Gasteiger partial charge in [-0.15, -0.1) is 0 Å². The lowest BCUT2D eigenvalue weighted by Crippen LogP contribution is -2.43. The topological polar surface area (TPSA) is 37.3 Å². The number of hydrogen-bond acceptors (Lipinski definition) is 1. The number of nitrogens with zero attached hydrogens (tertiary/aromatic N) is 2. The Balaban J connectivity index is 1.56. The highest BCUT2D eigenvalue weighted by molar-refractivity contribution is 5.90. The Kier molecular flexibility index (Phi) is 6.99. The van der Waals surface area contributed by atoms with Gasteiger partial charge in [-0.05, 0) is 68.5 Å². The number of aryl methyl sites for hydroxylation is 3. The SMILES string of the molecule is Cc1ccc(NC(=O)N(Cc2cccn2Cc2ccccc2C)C2CCCCC2)c(C)c1. The molecule has 0 radical (unpaired) electrons. The van der Waals surface area contributed by atoms with Gasteiger partial charge in [-0.1, -0.05) is 61.2 Å². The van der Waals surface area contributed by atoms with Gasteiger partial charge in [0.15, 0.2) is 0 Å². The number of anilines is 1. The first-order valence-corrected chi connectivity index (χ1v) is 11.8. The molecule has 0 bridgehead atoms. The summed E-state index contributed by atoms with van der Waals surface area (Å²) < 4.78 is 2.28. The second-order valence-corrected chi connectivity index (χ2v) is 9.22. The molecule has 0 saturated heterocycles. The van der Waals surface area contributed by atoms with Crippen LogP contribution in [0.15, 0.2) is 60.8 Å². The molecule has 4 nitrogen and oxygen atoms in total. The molecule has 1 aliphatic rings. The molecule has 168 valence electrons. The Bertz CT molecular complexity index is 1060. The van der Waals surface area contributed by atoms with Crippen molar-refractivity contribution in [3.63, 3.8) is 0 Å². The van der Waals surface area contributed by atoms with Crippen molar-refractivity contribution in [1.29, 1.82) is 0 Å². The van der Waals surface area contributed by atoms with Crippen molar-refractivity contribution in [1.82, 2.24) is 9.47 Å². The van der Waals surface area contributed by atoms with Crippen molar-refractivity contribution in [2.45, 2.75) is 72.0 Å². The lowest BCUT2D eigenvalue weighted by Gasteiger charge is -2.35. The van der Waals surface area contributed by atoms with Crippen LogP contribution in [0.4, 0.5) is 10.5 Å². The standard InChI is InChI=1S/C28H35N3O/c1-21-15-16-27(23(3)18-21)29-28(32)31(25-12-5-4-6-13-25)20-26-14-9-17-30(26)19-24-11-8-7-10-22(24)2/h7-11,14-18,25H,4-6,12-13,19-20H2,1-3H3,(H,29,32). The van der Waals surface area contributed by atoms with E-state index in [-0.39, 0.29) is 12.1 Å². The zero-order valence-corrected chi connectivity index (χ0v) is 19.6. The fourth-order valence-corrected chi connectivity index (χ4v) is 4.79. The van der Waals surface area contributed by atoms with Gasteiger partial charge in [0.05, 0.1) is 6.54 Å². The maximum Gasteiger partial charge on any atom is 0.322 e. The third-order valence-corrected chi connectivity index (χ3v) is 6.76. The number of carbonyl (C=O) groups excluding carboxylic acids is 1. The Morgan fingerprint density at radius 1 is 0.969 bits per heavy atom. The van der Waals surface area contributed by atoms with Gasteiger partial charge in [0.25, 0.3) is 0 Å². The van der Waals surface area contributed by atoms with Crippen LogP contribution in [0.5, 0.6) is 0 Å². The van der Waals surface area contributed by atoms with E-state index in [4.69, 9.17) is 0 Å². The Hall–Kier alpha value is -3.01. The maximum atomic E-state index is 13.5. The van der Waals surface area contributed by atoms with Gasteiger partial charge < -0.3 is 14.8 Å². The summed E-state index contributed by atoms with van der Waals surface area (Å²) in [5.74, 6) is 0. The molecule has 1 N–H and O–H groups in total. The quantitative estimate of drug-likeness (QED) is 0.458. The normalized spacial score (nSPS) is 14.3. The lowest BCUT2D eigenvalue weighted by atomic mass is 9.94. The van der Waals surface area contributed by atoms with Crippen molar-refractivity contribution < 1.29 is 4.79 Å². The fraction of sp³-hybridized carbons (Fsp3) is 0.393. The Labute approximate surface area is 192 Å². The maximum absolute atomic E-state index is 13.5. The van der Waals surface area contributed by atoms with Gasteiger partial charge in [-0.3, -0.25) is 0 Å². The molecule has 2 aromatic carbocycles. The zero-order chi connectivity index (χ0) is 22.5. The van der Waals surface area contributed by atoms with Gasteiger partial charge in [0.2, 0.25) is 0 Å². The molecule has 0 unspecified atom stereocenters. The first-order valence-electron chi connectivity index (χ1n) is 11.8. The second kappa shape index (κ2) is 10.1. The van der Waals surface area contributed by atoms with Crippen molar-refractivity contribution in [3.05, 3.63) is 88.7 Å². The minimum Gasteiger partial charge on any atom is -0.345 e. The highest BCUT2D eigenvalue weighted by Crippen LogP contribution is 2.26. The lowest BCUT2D eigenvalue weighted by molar-refractivity contribution is 0.161. The summed E-state index contributed by atoms with van der Waals surface area (Å²) in [4.78, 5) is 15.6. The van der Waals surface area contributed by atoms with Crippen LogP contribution in [0.25, 0.3) is 0 Å². The van der Waals surface area contributed by atoms with Crippen LogP contribution in [0.2, 0.25) is 0 Å². The van der Waals surface area contributed by atoms with E-state index < -0.39 is 0 Å². The Morgan fingerprint density at radius 3 is 2.50 bits per heavy atom. The van der Waals surface area contributed by atoms with Crippen LogP contribution in [0.3, 0.4) is 0 Å². The molecule has 2 amide bonds. The molecule has 4 rings (SSSR count). The zero-order valence-electron chi connectivity index (χ0n) is 19.6. The van der Waals surface area contributed by atoms with E-state index >= 15 is 0 Å². The molecule has 4 heteroatoms.